The molecule has 2 fully saturated rings. The van der Waals surface area contributed by atoms with Gasteiger partial charge in [0.2, 0.25) is 0 Å². The molecule has 2 aliphatic rings. The Morgan fingerprint density at radius 1 is 1.41 bits per heavy atom. The summed E-state index contributed by atoms with van der Waals surface area (Å²) in [5.41, 5.74) is 1.13. The molecule has 1 aromatic heterocycles. The fourth-order valence-electron chi connectivity index (χ4n) is 3.78. The van der Waals surface area contributed by atoms with Gasteiger partial charge >= 0.3 is 6.09 Å². The van der Waals surface area contributed by atoms with Crippen LogP contribution in [0.1, 0.15) is 12.8 Å². The minimum atomic E-state index is -0.464. The van der Waals surface area contributed by atoms with E-state index in [-0.39, 0.29) is 11.9 Å². The first-order chi connectivity index (χ1) is 13.2. The normalized spacial score (nSPS) is 22.5. The Morgan fingerprint density at radius 2 is 2.30 bits per heavy atom. The number of cyclic esters (lactones) is 1. The highest BCUT2D eigenvalue weighted by molar-refractivity contribution is 7.98. The van der Waals surface area contributed by atoms with Crippen LogP contribution in [0.2, 0.25) is 0 Å². The number of nitrogens with zero attached hydrogens (tertiary/aromatic N) is 5. The Bertz CT molecular complexity index is 803. The third-order valence-electron chi connectivity index (χ3n) is 5.03. The SMILES string of the molecule is CSCC1CCCN1c1ccc(N2C[C@H](Cn3ccnn3)OC2=O)cc1F. The van der Waals surface area contributed by atoms with Crippen LogP contribution >= 0.6 is 11.8 Å². The number of amides is 1. The predicted octanol–water partition coefficient (Wildman–Crippen LogP) is 2.77. The third-order valence-corrected chi connectivity index (χ3v) is 5.74. The Morgan fingerprint density at radius 3 is 3.04 bits per heavy atom. The highest BCUT2D eigenvalue weighted by Gasteiger charge is 2.34. The van der Waals surface area contributed by atoms with Crippen molar-refractivity contribution in [2.24, 2.45) is 0 Å². The van der Waals surface area contributed by atoms with Gasteiger partial charge in [-0.2, -0.15) is 11.8 Å². The molecule has 1 aromatic carbocycles. The summed E-state index contributed by atoms with van der Waals surface area (Å²) in [6, 6.07) is 5.38. The summed E-state index contributed by atoms with van der Waals surface area (Å²) in [6.07, 6.45) is 6.72. The van der Waals surface area contributed by atoms with Gasteiger partial charge in [-0.1, -0.05) is 5.21 Å². The van der Waals surface area contributed by atoms with Gasteiger partial charge in [-0.15, -0.1) is 5.10 Å². The molecule has 2 saturated heterocycles. The van der Waals surface area contributed by atoms with Crippen molar-refractivity contribution in [3.63, 3.8) is 0 Å². The number of hydrogen-bond acceptors (Lipinski definition) is 6. The molecule has 0 aliphatic carbocycles. The number of carbonyl (C=O) groups excluding carboxylic acids is 1. The first-order valence-corrected chi connectivity index (χ1v) is 10.4. The van der Waals surface area contributed by atoms with Crippen LogP contribution in [0.15, 0.2) is 30.6 Å². The predicted molar refractivity (Wildman–Crippen MR) is 103 cm³/mol. The summed E-state index contributed by atoms with van der Waals surface area (Å²) in [5, 5.41) is 7.63. The van der Waals surface area contributed by atoms with Crippen molar-refractivity contribution in [3.8, 4) is 0 Å². The smallest absolute Gasteiger partial charge is 0.414 e. The van der Waals surface area contributed by atoms with Gasteiger partial charge < -0.3 is 9.64 Å². The van der Waals surface area contributed by atoms with Crippen molar-refractivity contribution >= 4 is 29.2 Å². The molecule has 9 heteroatoms. The molecule has 1 unspecified atom stereocenters. The van der Waals surface area contributed by atoms with Crippen LogP contribution in [0.5, 0.6) is 0 Å². The van der Waals surface area contributed by atoms with Gasteiger partial charge in [-0.25, -0.2) is 13.9 Å². The van der Waals surface area contributed by atoms with Crippen molar-refractivity contribution in [2.45, 2.75) is 31.5 Å². The molecule has 7 nitrogen and oxygen atoms in total. The molecule has 144 valence electrons. The molecular formula is C18H22FN5O2S. The van der Waals surface area contributed by atoms with E-state index in [4.69, 9.17) is 4.74 Å². The first-order valence-electron chi connectivity index (χ1n) is 9.03. The highest BCUT2D eigenvalue weighted by Crippen LogP contribution is 2.32. The molecular weight excluding hydrogens is 369 g/mol. The van der Waals surface area contributed by atoms with E-state index >= 15 is 0 Å². The van der Waals surface area contributed by atoms with Crippen LogP contribution in [0.3, 0.4) is 0 Å². The van der Waals surface area contributed by atoms with Gasteiger partial charge in [-0.3, -0.25) is 4.90 Å². The second-order valence-electron chi connectivity index (χ2n) is 6.82. The lowest BCUT2D eigenvalue weighted by Gasteiger charge is -2.27. The van der Waals surface area contributed by atoms with Gasteiger partial charge in [0.1, 0.15) is 11.9 Å². The van der Waals surface area contributed by atoms with Crippen molar-refractivity contribution in [3.05, 3.63) is 36.4 Å². The van der Waals surface area contributed by atoms with E-state index in [1.54, 1.807) is 41.0 Å². The lowest BCUT2D eigenvalue weighted by atomic mass is 10.2. The van der Waals surface area contributed by atoms with Crippen LogP contribution < -0.4 is 9.80 Å². The Labute approximate surface area is 161 Å². The van der Waals surface area contributed by atoms with Gasteiger partial charge in [0.25, 0.3) is 0 Å². The molecule has 0 N–H and O–H groups in total. The summed E-state index contributed by atoms with van der Waals surface area (Å²) in [4.78, 5) is 15.8. The van der Waals surface area contributed by atoms with Crippen LogP contribution in [0.4, 0.5) is 20.6 Å². The maximum Gasteiger partial charge on any atom is 0.414 e. The van der Waals surface area contributed by atoms with E-state index in [9.17, 15) is 9.18 Å². The summed E-state index contributed by atoms with van der Waals surface area (Å²) >= 11 is 1.78. The van der Waals surface area contributed by atoms with Crippen molar-refractivity contribution in [2.75, 3.05) is 34.9 Å². The largest absolute Gasteiger partial charge is 0.442 e. The molecule has 3 heterocycles. The second kappa shape index (κ2) is 7.75. The highest BCUT2D eigenvalue weighted by atomic mass is 32.2. The number of thioether (sulfide) groups is 1. The van der Waals surface area contributed by atoms with Gasteiger partial charge in [0.15, 0.2) is 0 Å². The molecule has 0 radical (unpaired) electrons. The monoisotopic (exact) mass is 391 g/mol. The maximum atomic E-state index is 14.8. The summed E-state index contributed by atoms with van der Waals surface area (Å²) < 4.78 is 21.8. The second-order valence-corrected chi connectivity index (χ2v) is 7.73. The van der Waals surface area contributed by atoms with Crippen molar-refractivity contribution in [1.29, 1.82) is 0 Å². The van der Waals surface area contributed by atoms with E-state index in [1.807, 2.05) is 0 Å². The fraction of sp³-hybridized carbons (Fsp3) is 0.500. The maximum absolute atomic E-state index is 14.8. The lowest BCUT2D eigenvalue weighted by Crippen LogP contribution is -2.32. The van der Waals surface area contributed by atoms with E-state index < -0.39 is 6.09 Å². The average molecular weight is 391 g/mol. The number of anilines is 2. The number of carbonyl (C=O) groups is 1. The number of hydrogen-bond donors (Lipinski definition) is 0. The number of aromatic nitrogens is 3. The zero-order valence-electron chi connectivity index (χ0n) is 15.1. The first kappa shape index (κ1) is 18.1. The average Bonchev–Trinajstić information content (AvgIpc) is 3.38. The third kappa shape index (κ3) is 3.73. The van der Waals surface area contributed by atoms with Crippen LogP contribution in [0.25, 0.3) is 0 Å². The van der Waals surface area contributed by atoms with Crippen molar-refractivity contribution < 1.29 is 13.9 Å². The molecule has 0 spiro atoms. The molecule has 4 rings (SSSR count). The van der Waals surface area contributed by atoms with Gasteiger partial charge in [-0.05, 0) is 37.3 Å². The van der Waals surface area contributed by atoms with E-state index in [0.29, 0.717) is 30.5 Å². The molecule has 0 saturated carbocycles. The van der Waals surface area contributed by atoms with Crippen molar-refractivity contribution in [1.82, 2.24) is 15.0 Å². The molecule has 2 atom stereocenters. The molecule has 0 bridgehead atoms. The zero-order valence-corrected chi connectivity index (χ0v) is 15.9. The minimum Gasteiger partial charge on any atom is -0.442 e. The number of rotatable bonds is 6. The molecule has 2 aromatic rings. The van der Waals surface area contributed by atoms with Crippen LogP contribution in [-0.2, 0) is 11.3 Å². The van der Waals surface area contributed by atoms with Crippen LogP contribution in [-0.4, -0.2) is 58.3 Å². The minimum absolute atomic E-state index is 0.298. The Kier molecular flexibility index (Phi) is 5.20. The molecule has 2 aliphatic heterocycles. The standard InChI is InChI=1S/C18H22FN5O2S/c1-27-12-14-3-2-7-23(14)17-5-4-13(9-16(17)19)24-11-15(26-18(24)25)10-22-8-6-20-21-22/h4-6,8-9,14-15H,2-3,7,10-12H2,1H3/t14?,15-/m0/s1. The fourth-order valence-corrected chi connectivity index (χ4v) is 4.51. The number of halogens is 1. The number of ether oxygens (including phenoxy) is 1. The van der Waals surface area contributed by atoms with E-state index in [2.05, 4.69) is 21.5 Å². The number of benzene rings is 1. The Hall–Kier alpha value is -2.29. The van der Waals surface area contributed by atoms with Gasteiger partial charge in [0.05, 0.1) is 30.7 Å². The molecule has 1 amide bonds. The summed E-state index contributed by atoms with van der Waals surface area (Å²) in [6.45, 7) is 1.65. The molecule has 27 heavy (non-hydrogen) atoms. The van der Waals surface area contributed by atoms with Crippen LogP contribution in [0, 0.1) is 5.82 Å². The Balaban J connectivity index is 1.48. The topological polar surface area (TPSA) is 63.5 Å². The van der Waals surface area contributed by atoms with E-state index in [0.717, 1.165) is 25.1 Å². The lowest BCUT2D eigenvalue weighted by molar-refractivity contribution is 0.129. The zero-order chi connectivity index (χ0) is 18.8. The van der Waals surface area contributed by atoms with E-state index in [1.165, 1.54) is 11.0 Å². The quantitative estimate of drug-likeness (QED) is 0.755. The summed E-state index contributed by atoms with van der Waals surface area (Å²) in [7, 11) is 0. The summed E-state index contributed by atoms with van der Waals surface area (Å²) in [5.74, 6) is 0.692. The van der Waals surface area contributed by atoms with Gasteiger partial charge in [0, 0.05) is 24.5 Å².